The predicted molar refractivity (Wildman–Crippen MR) is 107 cm³/mol. The summed E-state index contributed by atoms with van der Waals surface area (Å²) in [5.41, 5.74) is 8.01. The Hall–Kier alpha value is -0.780. The largest absolute Gasteiger partial charge is 0.383 e. The maximum Gasteiger partial charge on any atom is 0.191 e. The summed E-state index contributed by atoms with van der Waals surface area (Å²) in [5, 5.41) is 2.62. The molecule has 0 bridgehead atoms. The molecule has 0 saturated carbocycles. The number of thiophene rings is 1. The van der Waals surface area contributed by atoms with Crippen LogP contribution in [0.4, 0.5) is 5.82 Å². The lowest BCUT2D eigenvalue weighted by Crippen LogP contribution is -2.26. The van der Waals surface area contributed by atoms with Gasteiger partial charge in [0.15, 0.2) is 5.16 Å². The van der Waals surface area contributed by atoms with Gasteiger partial charge in [0.05, 0.1) is 5.39 Å². The number of nitrogens with zero attached hydrogens (tertiary/aromatic N) is 2. The third-order valence-corrected chi connectivity index (χ3v) is 6.79. The van der Waals surface area contributed by atoms with Gasteiger partial charge in [0.2, 0.25) is 0 Å². The molecule has 1 atom stereocenters. The average Bonchev–Trinajstić information content (AvgIpc) is 2.83. The van der Waals surface area contributed by atoms with Crippen LogP contribution >= 0.6 is 34.7 Å². The van der Waals surface area contributed by atoms with Gasteiger partial charge in [0, 0.05) is 15.7 Å². The first-order chi connectivity index (χ1) is 11.3. The highest BCUT2D eigenvalue weighted by Gasteiger charge is 2.31. The number of anilines is 1. The molecule has 0 saturated heterocycles. The number of nitrogen functional groups attached to an aromatic ring is 1. The Bertz CT molecular complexity index is 786. The zero-order valence-corrected chi connectivity index (χ0v) is 17.0. The fraction of sp³-hybridized carbons (Fsp3) is 0.556. The van der Waals surface area contributed by atoms with Gasteiger partial charge in [-0.3, -0.25) is 0 Å². The molecule has 24 heavy (non-hydrogen) atoms. The zero-order chi connectivity index (χ0) is 17.5. The van der Waals surface area contributed by atoms with Crippen molar-refractivity contribution in [1.82, 2.24) is 9.97 Å². The summed E-state index contributed by atoms with van der Waals surface area (Å²) in [5.74, 6) is 2.11. The molecule has 2 heterocycles. The predicted octanol–water partition coefficient (Wildman–Crippen LogP) is 5.66. The van der Waals surface area contributed by atoms with Crippen molar-refractivity contribution in [3.8, 4) is 0 Å². The molecule has 0 unspecified atom stereocenters. The highest BCUT2D eigenvalue weighted by Crippen LogP contribution is 2.44. The number of allylic oxidation sites excluding steroid dienone is 1. The second kappa shape index (κ2) is 6.85. The monoisotopic (exact) mass is 381 g/mol. The van der Waals surface area contributed by atoms with Gasteiger partial charge in [-0.2, -0.15) is 0 Å². The molecule has 3 nitrogen and oxygen atoms in total. The number of fused-ring (bicyclic) bond motifs is 3. The molecule has 3 rings (SSSR count). The molecule has 0 radical (unpaired) electrons. The van der Waals surface area contributed by atoms with E-state index in [4.69, 9.17) is 22.3 Å². The van der Waals surface area contributed by atoms with Gasteiger partial charge < -0.3 is 5.73 Å². The molecule has 0 fully saturated rings. The van der Waals surface area contributed by atoms with Crippen molar-refractivity contribution in [3.05, 3.63) is 21.5 Å². The van der Waals surface area contributed by atoms with Crippen molar-refractivity contribution in [3.63, 3.8) is 0 Å². The van der Waals surface area contributed by atoms with E-state index >= 15 is 0 Å². The summed E-state index contributed by atoms with van der Waals surface area (Å²) in [6.07, 6.45) is 5.41. The SMILES string of the molecule is C/C(Cl)=C/CSc1nc(N)c2c3c(sc2n1)C[C@@H](C(C)(C)C)CC3. The maximum atomic E-state index is 6.28. The van der Waals surface area contributed by atoms with Crippen molar-refractivity contribution in [2.75, 3.05) is 11.5 Å². The van der Waals surface area contributed by atoms with E-state index in [1.807, 2.05) is 13.0 Å². The third-order valence-electron chi connectivity index (χ3n) is 4.72. The van der Waals surface area contributed by atoms with Gasteiger partial charge in [0.1, 0.15) is 10.6 Å². The Morgan fingerprint density at radius 3 is 2.83 bits per heavy atom. The molecule has 1 aliphatic carbocycles. The minimum Gasteiger partial charge on any atom is -0.383 e. The molecule has 2 N–H and O–H groups in total. The van der Waals surface area contributed by atoms with Crippen LogP contribution in [0.15, 0.2) is 16.3 Å². The molecular weight excluding hydrogens is 358 g/mol. The van der Waals surface area contributed by atoms with Crippen molar-refractivity contribution in [2.45, 2.75) is 52.1 Å². The standard InChI is InChI=1S/C18H24ClN3S2/c1-10(19)7-8-23-17-21-15(20)14-12-6-5-11(18(2,3)4)9-13(12)24-16(14)22-17/h7,11H,5-6,8-9H2,1-4H3,(H2,20,21,22)/b10-7-/t11-/m0/s1. The van der Waals surface area contributed by atoms with Crippen molar-refractivity contribution in [2.24, 2.45) is 11.3 Å². The molecule has 0 spiro atoms. The van der Waals surface area contributed by atoms with Gasteiger partial charge in [-0.1, -0.05) is 50.2 Å². The lowest BCUT2D eigenvalue weighted by atomic mass is 9.72. The summed E-state index contributed by atoms with van der Waals surface area (Å²) in [7, 11) is 0. The number of aryl methyl sites for hydroxylation is 1. The van der Waals surface area contributed by atoms with Crippen molar-refractivity contribution in [1.29, 1.82) is 0 Å². The highest BCUT2D eigenvalue weighted by atomic mass is 35.5. The van der Waals surface area contributed by atoms with Crippen molar-refractivity contribution >= 4 is 50.7 Å². The van der Waals surface area contributed by atoms with Crippen LogP contribution in [0.1, 0.15) is 44.6 Å². The topological polar surface area (TPSA) is 51.8 Å². The van der Waals surface area contributed by atoms with E-state index < -0.39 is 0 Å². The van der Waals surface area contributed by atoms with E-state index in [2.05, 4.69) is 25.8 Å². The number of hydrogen-bond acceptors (Lipinski definition) is 5. The van der Waals surface area contributed by atoms with Crippen LogP contribution in [0.2, 0.25) is 0 Å². The van der Waals surface area contributed by atoms with Crippen LogP contribution in [0.3, 0.4) is 0 Å². The first kappa shape index (κ1) is 18.0. The Labute approximate surface area is 157 Å². The van der Waals surface area contributed by atoms with E-state index in [1.165, 1.54) is 16.9 Å². The van der Waals surface area contributed by atoms with Crippen LogP contribution in [-0.4, -0.2) is 15.7 Å². The van der Waals surface area contributed by atoms with Crippen LogP contribution in [0, 0.1) is 11.3 Å². The molecule has 130 valence electrons. The molecule has 0 aliphatic heterocycles. The van der Waals surface area contributed by atoms with Gasteiger partial charge in [-0.25, -0.2) is 9.97 Å². The van der Waals surface area contributed by atoms with Gasteiger partial charge in [0.25, 0.3) is 0 Å². The Morgan fingerprint density at radius 1 is 1.42 bits per heavy atom. The lowest BCUT2D eigenvalue weighted by molar-refractivity contribution is 0.218. The summed E-state index contributed by atoms with van der Waals surface area (Å²) in [6, 6.07) is 0. The van der Waals surface area contributed by atoms with E-state index in [9.17, 15) is 0 Å². The summed E-state index contributed by atoms with van der Waals surface area (Å²) >= 11 is 9.25. The number of thioether (sulfide) groups is 1. The zero-order valence-electron chi connectivity index (χ0n) is 14.6. The third kappa shape index (κ3) is 3.73. The average molecular weight is 382 g/mol. The fourth-order valence-corrected chi connectivity index (χ4v) is 5.55. The first-order valence-electron chi connectivity index (χ1n) is 8.28. The van der Waals surface area contributed by atoms with E-state index in [-0.39, 0.29) is 0 Å². The molecule has 0 amide bonds. The van der Waals surface area contributed by atoms with Crippen LogP contribution < -0.4 is 5.73 Å². The molecule has 2 aromatic rings. The maximum absolute atomic E-state index is 6.28. The summed E-state index contributed by atoms with van der Waals surface area (Å²) < 4.78 is 0. The molecule has 2 aromatic heterocycles. The van der Waals surface area contributed by atoms with Crippen molar-refractivity contribution < 1.29 is 0 Å². The summed E-state index contributed by atoms with van der Waals surface area (Å²) in [4.78, 5) is 11.7. The Morgan fingerprint density at radius 2 is 2.17 bits per heavy atom. The second-order valence-electron chi connectivity index (χ2n) is 7.48. The number of halogens is 1. The van der Waals surface area contributed by atoms with E-state index in [0.29, 0.717) is 11.2 Å². The minimum absolute atomic E-state index is 0.345. The van der Waals surface area contributed by atoms with E-state index in [1.54, 1.807) is 23.1 Å². The molecule has 0 aromatic carbocycles. The molecule has 6 heteroatoms. The molecular formula is C18H24ClN3S2. The smallest absolute Gasteiger partial charge is 0.191 e. The minimum atomic E-state index is 0.345. The number of hydrogen-bond donors (Lipinski definition) is 1. The van der Waals surface area contributed by atoms with Crippen LogP contribution in [0.5, 0.6) is 0 Å². The molecule has 1 aliphatic rings. The summed E-state index contributed by atoms with van der Waals surface area (Å²) in [6.45, 7) is 8.89. The lowest BCUT2D eigenvalue weighted by Gasteiger charge is -2.33. The number of rotatable bonds is 3. The normalized spacial score (nSPS) is 18.9. The van der Waals surface area contributed by atoms with Crippen LogP contribution in [-0.2, 0) is 12.8 Å². The highest BCUT2D eigenvalue weighted by molar-refractivity contribution is 7.99. The van der Waals surface area contributed by atoms with Gasteiger partial charge in [-0.05, 0) is 43.1 Å². The van der Waals surface area contributed by atoms with E-state index in [0.717, 1.165) is 44.9 Å². The van der Waals surface area contributed by atoms with Crippen LogP contribution in [0.25, 0.3) is 10.2 Å². The Balaban J connectivity index is 1.92. The van der Waals surface area contributed by atoms with Gasteiger partial charge >= 0.3 is 0 Å². The fourth-order valence-electron chi connectivity index (χ4n) is 3.22. The Kier molecular flexibility index (Phi) is 5.14. The number of aromatic nitrogens is 2. The second-order valence-corrected chi connectivity index (χ2v) is 10.1. The number of nitrogens with two attached hydrogens (primary N) is 1. The first-order valence-corrected chi connectivity index (χ1v) is 10.5. The quantitative estimate of drug-likeness (QED) is 0.550. The van der Waals surface area contributed by atoms with Gasteiger partial charge in [-0.15, -0.1) is 11.3 Å².